The molecule has 9 heteroatoms. The molecular weight excluding hydrogens is 432 g/mol. The number of morpholine rings is 1. The molecule has 0 amide bonds. The molecule has 34 heavy (non-hydrogen) atoms. The van der Waals surface area contributed by atoms with E-state index in [-0.39, 0.29) is 0 Å². The molecule has 1 aliphatic rings. The molecule has 0 atom stereocenters. The van der Waals surface area contributed by atoms with E-state index in [0.717, 1.165) is 61.2 Å². The van der Waals surface area contributed by atoms with Gasteiger partial charge in [-0.05, 0) is 36.8 Å². The largest absolute Gasteiger partial charge is 0.493 e. The lowest BCUT2D eigenvalue weighted by Gasteiger charge is -2.26. The predicted octanol–water partition coefficient (Wildman–Crippen LogP) is 3.84. The van der Waals surface area contributed by atoms with Crippen LogP contribution in [0.5, 0.6) is 11.5 Å². The Bertz CT molecular complexity index is 1340. The zero-order chi connectivity index (χ0) is 23.3. The van der Waals surface area contributed by atoms with Crippen LogP contribution in [0.1, 0.15) is 12.0 Å². The van der Waals surface area contributed by atoms with Gasteiger partial charge in [0, 0.05) is 42.3 Å². The highest BCUT2D eigenvalue weighted by Gasteiger charge is 2.17. The van der Waals surface area contributed by atoms with Gasteiger partial charge in [-0.25, -0.2) is 0 Å². The number of fused-ring (bicyclic) bond motifs is 2. The van der Waals surface area contributed by atoms with Gasteiger partial charge < -0.3 is 19.5 Å². The smallest absolute Gasteiger partial charge is 0.187 e. The van der Waals surface area contributed by atoms with Crippen LogP contribution in [-0.2, 0) is 4.74 Å². The van der Waals surface area contributed by atoms with Gasteiger partial charge in [0.15, 0.2) is 11.5 Å². The maximum atomic E-state index is 9.75. The Balaban J connectivity index is 1.43. The summed E-state index contributed by atoms with van der Waals surface area (Å²) in [5, 5.41) is 22.0. The number of pyridine rings is 1. The molecule has 0 radical (unpaired) electrons. The Morgan fingerprint density at radius 1 is 1.21 bits per heavy atom. The van der Waals surface area contributed by atoms with Gasteiger partial charge in [0.2, 0.25) is 0 Å². The first kappa shape index (κ1) is 21.9. The van der Waals surface area contributed by atoms with Crippen LogP contribution < -0.4 is 14.8 Å². The summed E-state index contributed by atoms with van der Waals surface area (Å²) in [5.41, 5.74) is 3.51. The summed E-state index contributed by atoms with van der Waals surface area (Å²) in [4.78, 5) is 6.94. The SMILES string of the molecule is COc1ccc2c(Nc3ccc4cn[nH]c4c3)c(C#N)cnc2c1OCCCN1CCOCC1. The second kappa shape index (κ2) is 9.95. The minimum Gasteiger partial charge on any atom is -0.493 e. The van der Waals surface area contributed by atoms with Crippen LogP contribution >= 0.6 is 0 Å². The number of benzene rings is 2. The number of nitrogens with one attached hydrogen (secondary N) is 2. The highest BCUT2D eigenvalue weighted by molar-refractivity contribution is 6.00. The normalized spacial score (nSPS) is 14.2. The topological polar surface area (TPSA) is 108 Å². The molecular formula is C25H26N6O3. The van der Waals surface area contributed by atoms with Gasteiger partial charge >= 0.3 is 0 Å². The molecule has 1 saturated heterocycles. The Kier molecular flexibility index (Phi) is 6.42. The van der Waals surface area contributed by atoms with Crippen LogP contribution in [0.4, 0.5) is 11.4 Å². The van der Waals surface area contributed by atoms with Crippen LogP contribution in [0.2, 0.25) is 0 Å². The number of nitriles is 1. The van der Waals surface area contributed by atoms with Crippen LogP contribution in [0, 0.1) is 11.3 Å². The Hall–Kier alpha value is -3.87. The van der Waals surface area contributed by atoms with Crippen molar-refractivity contribution >= 4 is 33.2 Å². The van der Waals surface area contributed by atoms with Crippen molar-refractivity contribution in [1.82, 2.24) is 20.1 Å². The van der Waals surface area contributed by atoms with Crippen molar-refractivity contribution in [3.8, 4) is 17.6 Å². The summed E-state index contributed by atoms with van der Waals surface area (Å²) >= 11 is 0. The summed E-state index contributed by atoms with van der Waals surface area (Å²) in [6.45, 7) is 4.96. The lowest BCUT2D eigenvalue weighted by Crippen LogP contribution is -2.37. The molecule has 0 bridgehead atoms. The van der Waals surface area contributed by atoms with E-state index >= 15 is 0 Å². The van der Waals surface area contributed by atoms with Crippen molar-refractivity contribution in [3.63, 3.8) is 0 Å². The van der Waals surface area contributed by atoms with E-state index in [2.05, 4.69) is 31.5 Å². The van der Waals surface area contributed by atoms with Gasteiger partial charge in [0.05, 0.1) is 49.9 Å². The van der Waals surface area contributed by atoms with E-state index in [1.54, 1.807) is 19.5 Å². The Morgan fingerprint density at radius 2 is 2.09 bits per heavy atom. The summed E-state index contributed by atoms with van der Waals surface area (Å²) in [7, 11) is 1.62. The second-order valence-electron chi connectivity index (χ2n) is 8.10. The number of hydrogen-bond donors (Lipinski definition) is 2. The van der Waals surface area contributed by atoms with Crippen molar-refractivity contribution in [3.05, 3.63) is 48.3 Å². The highest BCUT2D eigenvalue weighted by Crippen LogP contribution is 2.39. The minimum atomic E-state index is 0.445. The number of anilines is 2. The highest BCUT2D eigenvalue weighted by atomic mass is 16.5. The van der Waals surface area contributed by atoms with Crippen LogP contribution in [0.3, 0.4) is 0 Å². The van der Waals surface area contributed by atoms with Crippen molar-refractivity contribution in [1.29, 1.82) is 5.26 Å². The number of hydrogen-bond acceptors (Lipinski definition) is 8. The van der Waals surface area contributed by atoms with Crippen LogP contribution in [-0.4, -0.2) is 66.6 Å². The molecule has 9 nitrogen and oxygen atoms in total. The molecule has 1 fully saturated rings. The predicted molar refractivity (Wildman–Crippen MR) is 130 cm³/mol. The van der Waals surface area contributed by atoms with Crippen molar-refractivity contribution in [2.45, 2.75) is 6.42 Å². The van der Waals surface area contributed by atoms with Gasteiger partial charge in [-0.15, -0.1) is 0 Å². The molecule has 4 aromatic rings. The lowest BCUT2D eigenvalue weighted by atomic mass is 10.1. The molecule has 0 aliphatic carbocycles. The maximum Gasteiger partial charge on any atom is 0.187 e. The first-order chi connectivity index (χ1) is 16.8. The van der Waals surface area contributed by atoms with Crippen LogP contribution in [0.25, 0.3) is 21.8 Å². The molecule has 0 spiro atoms. The van der Waals surface area contributed by atoms with Crippen molar-refractivity contribution in [2.24, 2.45) is 0 Å². The third-order valence-electron chi connectivity index (χ3n) is 5.98. The minimum absolute atomic E-state index is 0.445. The van der Waals surface area contributed by atoms with E-state index in [0.29, 0.717) is 34.9 Å². The average molecular weight is 459 g/mol. The Labute approximate surface area is 197 Å². The van der Waals surface area contributed by atoms with E-state index in [1.165, 1.54) is 0 Å². The fourth-order valence-corrected chi connectivity index (χ4v) is 4.19. The number of ether oxygens (including phenoxy) is 3. The summed E-state index contributed by atoms with van der Waals surface area (Å²) in [6.07, 6.45) is 4.22. The molecule has 2 aromatic heterocycles. The molecule has 2 N–H and O–H groups in total. The summed E-state index contributed by atoms with van der Waals surface area (Å²) < 4.78 is 17.2. The number of aromatic nitrogens is 3. The lowest BCUT2D eigenvalue weighted by molar-refractivity contribution is 0.0358. The van der Waals surface area contributed by atoms with Crippen molar-refractivity contribution in [2.75, 3.05) is 51.9 Å². The van der Waals surface area contributed by atoms with Gasteiger partial charge in [-0.2, -0.15) is 10.4 Å². The second-order valence-corrected chi connectivity index (χ2v) is 8.10. The monoisotopic (exact) mass is 458 g/mol. The van der Waals surface area contributed by atoms with Crippen LogP contribution in [0.15, 0.2) is 42.7 Å². The van der Waals surface area contributed by atoms with Gasteiger partial charge in [0.25, 0.3) is 0 Å². The number of rotatable bonds is 8. The van der Waals surface area contributed by atoms with E-state index in [1.807, 2.05) is 30.3 Å². The number of H-pyrrole nitrogens is 1. The third kappa shape index (κ3) is 4.46. The number of methoxy groups -OCH3 is 1. The van der Waals surface area contributed by atoms with E-state index < -0.39 is 0 Å². The zero-order valence-corrected chi connectivity index (χ0v) is 19.0. The molecule has 3 heterocycles. The van der Waals surface area contributed by atoms with Gasteiger partial charge in [-0.1, -0.05) is 0 Å². The molecule has 0 saturated carbocycles. The summed E-state index contributed by atoms with van der Waals surface area (Å²) in [5.74, 6) is 1.19. The molecule has 5 rings (SSSR count). The standard InChI is InChI=1S/C25H26N6O3/c1-32-22-6-5-20-23(29-19-4-3-17-16-28-30-21(17)13-19)18(14-26)15-27-24(20)25(22)34-10-2-7-31-8-11-33-12-9-31/h3-6,13,15-16H,2,7-12H2,1H3,(H,27,29)(H,28,30). The summed E-state index contributed by atoms with van der Waals surface area (Å²) in [6, 6.07) is 11.9. The molecule has 1 aliphatic heterocycles. The van der Waals surface area contributed by atoms with Gasteiger partial charge in [-0.3, -0.25) is 15.0 Å². The van der Waals surface area contributed by atoms with Crippen molar-refractivity contribution < 1.29 is 14.2 Å². The Morgan fingerprint density at radius 3 is 2.91 bits per heavy atom. The third-order valence-corrected chi connectivity index (χ3v) is 5.98. The zero-order valence-electron chi connectivity index (χ0n) is 19.0. The number of nitrogens with zero attached hydrogens (tertiary/aromatic N) is 4. The maximum absolute atomic E-state index is 9.75. The fraction of sp³-hybridized carbons (Fsp3) is 0.320. The number of aromatic amines is 1. The molecule has 2 aromatic carbocycles. The first-order valence-electron chi connectivity index (χ1n) is 11.3. The quantitative estimate of drug-likeness (QED) is 0.384. The average Bonchev–Trinajstić information content (AvgIpc) is 3.35. The first-order valence-corrected chi connectivity index (χ1v) is 11.3. The van der Waals surface area contributed by atoms with E-state index in [4.69, 9.17) is 14.2 Å². The van der Waals surface area contributed by atoms with Gasteiger partial charge in [0.1, 0.15) is 11.6 Å². The van der Waals surface area contributed by atoms with E-state index in [9.17, 15) is 5.26 Å². The fourth-order valence-electron chi connectivity index (χ4n) is 4.19. The molecule has 174 valence electrons. The molecule has 0 unspecified atom stereocenters.